The van der Waals surface area contributed by atoms with Gasteiger partial charge in [-0.15, -0.1) is 0 Å². The quantitative estimate of drug-likeness (QED) is 0.776. The molecule has 0 heterocycles. The highest BCUT2D eigenvalue weighted by Crippen LogP contribution is 2.24. The standard InChI is InChI=1S/C12H14ClNO4/c1-18-10-5-4-8(7-9(10)13)12(17)14-6-2-3-11(15)16/h4-5,7H,2-3,6H2,1H3,(H,14,17)(H,15,16). The molecule has 0 atom stereocenters. The van der Waals surface area contributed by atoms with E-state index in [2.05, 4.69) is 5.32 Å². The smallest absolute Gasteiger partial charge is 0.303 e. The van der Waals surface area contributed by atoms with Crippen molar-refractivity contribution >= 4 is 23.5 Å². The molecule has 0 aliphatic heterocycles. The molecule has 6 heteroatoms. The van der Waals surface area contributed by atoms with Gasteiger partial charge in [-0.05, 0) is 24.6 Å². The lowest BCUT2D eigenvalue weighted by Crippen LogP contribution is -2.24. The lowest BCUT2D eigenvalue weighted by atomic mass is 10.2. The number of carboxylic acids is 1. The molecule has 0 aliphatic carbocycles. The Morgan fingerprint density at radius 3 is 2.72 bits per heavy atom. The Bertz CT molecular complexity index is 448. The third kappa shape index (κ3) is 4.25. The summed E-state index contributed by atoms with van der Waals surface area (Å²) in [5.74, 6) is -0.666. The first-order chi connectivity index (χ1) is 8.54. The van der Waals surface area contributed by atoms with Crippen molar-refractivity contribution in [1.82, 2.24) is 5.32 Å². The van der Waals surface area contributed by atoms with E-state index in [-0.39, 0.29) is 12.3 Å². The van der Waals surface area contributed by atoms with Crippen LogP contribution in [0.2, 0.25) is 5.02 Å². The number of hydrogen-bond acceptors (Lipinski definition) is 3. The van der Waals surface area contributed by atoms with Crippen LogP contribution >= 0.6 is 11.6 Å². The van der Waals surface area contributed by atoms with Gasteiger partial charge in [0.1, 0.15) is 5.75 Å². The number of carbonyl (C=O) groups excluding carboxylic acids is 1. The first-order valence-electron chi connectivity index (χ1n) is 5.38. The van der Waals surface area contributed by atoms with Crippen LogP contribution in [0.1, 0.15) is 23.2 Å². The van der Waals surface area contributed by atoms with Gasteiger partial charge in [-0.1, -0.05) is 11.6 Å². The molecular formula is C12H14ClNO4. The van der Waals surface area contributed by atoms with Crippen LogP contribution in [0.3, 0.4) is 0 Å². The van der Waals surface area contributed by atoms with Crippen molar-refractivity contribution in [3.05, 3.63) is 28.8 Å². The highest BCUT2D eigenvalue weighted by atomic mass is 35.5. The molecule has 0 saturated carbocycles. The summed E-state index contributed by atoms with van der Waals surface area (Å²) in [4.78, 5) is 22.0. The van der Waals surface area contributed by atoms with E-state index in [9.17, 15) is 9.59 Å². The molecule has 1 rings (SSSR count). The second-order valence-corrected chi connectivity index (χ2v) is 4.01. The van der Waals surface area contributed by atoms with E-state index < -0.39 is 5.97 Å². The van der Waals surface area contributed by atoms with Crippen LogP contribution in [0.4, 0.5) is 0 Å². The maximum Gasteiger partial charge on any atom is 0.303 e. The fraction of sp³-hybridized carbons (Fsp3) is 0.333. The SMILES string of the molecule is COc1ccc(C(=O)NCCCC(=O)O)cc1Cl. The molecule has 98 valence electrons. The summed E-state index contributed by atoms with van der Waals surface area (Å²) in [6.45, 7) is 0.314. The summed E-state index contributed by atoms with van der Waals surface area (Å²) in [7, 11) is 1.49. The Balaban J connectivity index is 2.51. The molecule has 0 unspecified atom stereocenters. The summed E-state index contributed by atoms with van der Waals surface area (Å²) >= 11 is 5.89. The van der Waals surface area contributed by atoms with Gasteiger partial charge >= 0.3 is 5.97 Å². The van der Waals surface area contributed by atoms with Crippen LogP contribution in [0.15, 0.2) is 18.2 Å². The number of carbonyl (C=O) groups is 2. The van der Waals surface area contributed by atoms with Crippen molar-refractivity contribution in [2.24, 2.45) is 0 Å². The second kappa shape index (κ2) is 6.86. The lowest BCUT2D eigenvalue weighted by molar-refractivity contribution is -0.137. The number of rotatable bonds is 6. The van der Waals surface area contributed by atoms with Crippen molar-refractivity contribution in [2.45, 2.75) is 12.8 Å². The van der Waals surface area contributed by atoms with Crippen LogP contribution in [0.5, 0.6) is 5.75 Å². The molecule has 0 aliphatic rings. The Kier molecular flexibility index (Phi) is 5.45. The Labute approximate surface area is 110 Å². The molecule has 1 aromatic rings. The van der Waals surface area contributed by atoms with E-state index in [1.165, 1.54) is 13.2 Å². The summed E-state index contributed by atoms with van der Waals surface area (Å²) in [6, 6.07) is 4.71. The number of methoxy groups -OCH3 is 1. The van der Waals surface area contributed by atoms with Gasteiger partial charge in [-0.3, -0.25) is 9.59 Å². The fourth-order valence-electron chi connectivity index (χ4n) is 1.35. The van der Waals surface area contributed by atoms with Crippen molar-refractivity contribution in [3.8, 4) is 5.75 Å². The van der Waals surface area contributed by atoms with Gasteiger partial charge in [0.25, 0.3) is 5.91 Å². The van der Waals surface area contributed by atoms with Crippen molar-refractivity contribution in [3.63, 3.8) is 0 Å². The third-order valence-electron chi connectivity index (χ3n) is 2.27. The summed E-state index contributed by atoms with van der Waals surface area (Å²) in [5, 5.41) is 11.4. The molecule has 1 aromatic carbocycles. The van der Waals surface area contributed by atoms with Crippen molar-refractivity contribution in [2.75, 3.05) is 13.7 Å². The number of carboxylic acid groups (broad SMARTS) is 1. The van der Waals surface area contributed by atoms with Gasteiger partial charge in [-0.2, -0.15) is 0 Å². The van der Waals surface area contributed by atoms with E-state index in [1.54, 1.807) is 12.1 Å². The molecule has 0 aromatic heterocycles. The normalized spacial score (nSPS) is 9.89. The molecule has 0 radical (unpaired) electrons. The largest absolute Gasteiger partial charge is 0.495 e. The van der Waals surface area contributed by atoms with Gasteiger partial charge in [0.15, 0.2) is 0 Å². The minimum Gasteiger partial charge on any atom is -0.495 e. The molecule has 2 N–H and O–H groups in total. The molecule has 0 bridgehead atoms. The molecule has 5 nitrogen and oxygen atoms in total. The van der Waals surface area contributed by atoms with E-state index in [0.29, 0.717) is 29.3 Å². The molecule has 0 fully saturated rings. The lowest BCUT2D eigenvalue weighted by Gasteiger charge is -2.07. The van der Waals surface area contributed by atoms with Gasteiger partial charge in [0, 0.05) is 18.5 Å². The van der Waals surface area contributed by atoms with Gasteiger partial charge < -0.3 is 15.2 Å². The maximum absolute atomic E-state index is 11.7. The molecule has 0 spiro atoms. The molecule has 18 heavy (non-hydrogen) atoms. The Morgan fingerprint density at radius 1 is 1.44 bits per heavy atom. The highest BCUT2D eigenvalue weighted by molar-refractivity contribution is 6.32. The first kappa shape index (κ1) is 14.3. The molecule has 1 amide bonds. The monoisotopic (exact) mass is 271 g/mol. The van der Waals surface area contributed by atoms with Gasteiger partial charge in [0.2, 0.25) is 0 Å². The fourth-order valence-corrected chi connectivity index (χ4v) is 1.61. The minimum atomic E-state index is -0.878. The number of nitrogens with one attached hydrogen (secondary N) is 1. The predicted octanol–water partition coefficient (Wildman–Crippen LogP) is 1.94. The maximum atomic E-state index is 11.7. The van der Waals surface area contributed by atoms with E-state index in [4.69, 9.17) is 21.4 Å². The van der Waals surface area contributed by atoms with E-state index in [0.717, 1.165) is 0 Å². The molecular weight excluding hydrogens is 258 g/mol. The zero-order valence-electron chi connectivity index (χ0n) is 9.90. The summed E-state index contributed by atoms with van der Waals surface area (Å²) < 4.78 is 4.98. The van der Waals surface area contributed by atoms with Crippen LogP contribution in [0.25, 0.3) is 0 Å². The van der Waals surface area contributed by atoms with Crippen molar-refractivity contribution in [1.29, 1.82) is 0 Å². The summed E-state index contributed by atoms with van der Waals surface area (Å²) in [5.41, 5.74) is 0.413. The average Bonchev–Trinajstić information content (AvgIpc) is 2.34. The number of benzene rings is 1. The van der Waals surface area contributed by atoms with Crippen LogP contribution in [-0.2, 0) is 4.79 Å². The van der Waals surface area contributed by atoms with Crippen molar-refractivity contribution < 1.29 is 19.4 Å². The highest BCUT2D eigenvalue weighted by Gasteiger charge is 2.08. The Hall–Kier alpha value is -1.75. The minimum absolute atomic E-state index is 0.0314. The van der Waals surface area contributed by atoms with Crippen LogP contribution in [0, 0.1) is 0 Å². The van der Waals surface area contributed by atoms with Gasteiger partial charge in [0.05, 0.1) is 12.1 Å². The Morgan fingerprint density at radius 2 is 2.17 bits per heavy atom. The number of halogens is 1. The molecule has 0 saturated heterocycles. The van der Waals surface area contributed by atoms with Crippen LogP contribution < -0.4 is 10.1 Å². The third-order valence-corrected chi connectivity index (χ3v) is 2.56. The zero-order chi connectivity index (χ0) is 13.5. The first-order valence-corrected chi connectivity index (χ1v) is 5.76. The van der Waals surface area contributed by atoms with Gasteiger partial charge in [-0.25, -0.2) is 0 Å². The van der Waals surface area contributed by atoms with E-state index in [1.807, 2.05) is 0 Å². The average molecular weight is 272 g/mol. The number of ether oxygens (including phenoxy) is 1. The number of aliphatic carboxylic acids is 1. The predicted molar refractivity (Wildman–Crippen MR) is 67.2 cm³/mol. The number of amides is 1. The topological polar surface area (TPSA) is 75.6 Å². The second-order valence-electron chi connectivity index (χ2n) is 3.60. The zero-order valence-corrected chi connectivity index (χ0v) is 10.7. The number of hydrogen-bond donors (Lipinski definition) is 2. The van der Waals surface area contributed by atoms with E-state index >= 15 is 0 Å². The summed E-state index contributed by atoms with van der Waals surface area (Å²) in [6.07, 6.45) is 0.425. The van der Waals surface area contributed by atoms with Crippen LogP contribution in [-0.4, -0.2) is 30.6 Å².